The van der Waals surface area contributed by atoms with Crippen LogP contribution in [0.2, 0.25) is 0 Å². The fourth-order valence-corrected chi connectivity index (χ4v) is 1.61. The monoisotopic (exact) mass is 267 g/mol. The van der Waals surface area contributed by atoms with Crippen molar-refractivity contribution in [2.75, 3.05) is 6.61 Å². The van der Waals surface area contributed by atoms with E-state index in [1.165, 1.54) is 30.3 Å². The summed E-state index contributed by atoms with van der Waals surface area (Å²) in [6.45, 7) is -0.0795. The molecule has 2 rings (SSSR count). The molecule has 2 aromatic rings. The van der Waals surface area contributed by atoms with E-state index in [1.807, 2.05) is 0 Å². The minimum atomic E-state index is -1.06. The molecule has 19 heavy (non-hydrogen) atoms. The van der Waals surface area contributed by atoms with Gasteiger partial charge >= 0.3 is 0 Å². The van der Waals surface area contributed by atoms with Crippen LogP contribution in [0.3, 0.4) is 0 Å². The summed E-state index contributed by atoms with van der Waals surface area (Å²) in [6.07, 6.45) is 0. The van der Waals surface area contributed by atoms with Crippen molar-refractivity contribution in [1.29, 1.82) is 0 Å². The molecule has 0 bridgehead atoms. The van der Waals surface area contributed by atoms with E-state index in [0.29, 0.717) is 5.56 Å². The molecule has 0 fully saturated rings. The van der Waals surface area contributed by atoms with Gasteiger partial charge in [-0.3, -0.25) is 0 Å². The Morgan fingerprint density at radius 3 is 2.53 bits per heavy atom. The zero-order chi connectivity index (χ0) is 13.8. The maximum Gasteiger partial charge on any atom is 0.200 e. The summed E-state index contributed by atoms with van der Waals surface area (Å²) in [5, 5.41) is 0. The number of benzene rings is 2. The minimum absolute atomic E-state index is 0.0795. The summed E-state index contributed by atoms with van der Waals surface area (Å²) in [5.41, 5.74) is 6.32. The van der Waals surface area contributed by atoms with Crippen LogP contribution in [0, 0.1) is 17.5 Å². The molecule has 0 radical (unpaired) electrons. The van der Waals surface area contributed by atoms with Gasteiger partial charge in [0.2, 0.25) is 5.82 Å². The quantitative estimate of drug-likeness (QED) is 0.923. The van der Waals surface area contributed by atoms with Gasteiger partial charge < -0.3 is 10.5 Å². The predicted octanol–water partition coefficient (Wildman–Crippen LogP) is 3.18. The first kappa shape index (κ1) is 13.4. The number of hydrogen-bond acceptors (Lipinski definition) is 2. The number of nitrogens with two attached hydrogens (primary N) is 1. The fourth-order valence-electron chi connectivity index (χ4n) is 1.61. The first-order valence-electron chi connectivity index (χ1n) is 5.66. The van der Waals surface area contributed by atoms with E-state index in [-0.39, 0.29) is 12.4 Å². The van der Waals surface area contributed by atoms with Gasteiger partial charge in [-0.1, -0.05) is 18.2 Å². The van der Waals surface area contributed by atoms with Gasteiger partial charge in [0, 0.05) is 0 Å². The molecule has 0 aliphatic heterocycles. The number of rotatable bonds is 4. The summed E-state index contributed by atoms with van der Waals surface area (Å²) in [6, 6.07) is 8.73. The molecular formula is C14H12F3NO. The highest BCUT2D eigenvalue weighted by molar-refractivity contribution is 5.26. The van der Waals surface area contributed by atoms with Gasteiger partial charge in [0.15, 0.2) is 11.6 Å². The lowest BCUT2D eigenvalue weighted by atomic mass is 10.1. The van der Waals surface area contributed by atoms with Crippen LogP contribution in [0.5, 0.6) is 5.75 Å². The summed E-state index contributed by atoms with van der Waals surface area (Å²) >= 11 is 0. The molecule has 0 aliphatic carbocycles. The molecule has 5 heteroatoms. The third-order valence-corrected chi connectivity index (χ3v) is 2.61. The lowest BCUT2D eigenvalue weighted by Gasteiger charge is -2.14. The van der Waals surface area contributed by atoms with Crippen LogP contribution < -0.4 is 10.5 Å². The van der Waals surface area contributed by atoms with E-state index in [9.17, 15) is 13.2 Å². The van der Waals surface area contributed by atoms with Crippen LogP contribution in [0.1, 0.15) is 11.6 Å². The van der Waals surface area contributed by atoms with Gasteiger partial charge in [-0.25, -0.2) is 8.78 Å². The molecule has 1 atom stereocenters. The molecule has 100 valence electrons. The van der Waals surface area contributed by atoms with Crippen LogP contribution in [0.25, 0.3) is 0 Å². The molecule has 0 aliphatic rings. The molecule has 2 N–H and O–H groups in total. The van der Waals surface area contributed by atoms with Crippen molar-refractivity contribution in [2.45, 2.75) is 6.04 Å². The van der Waals surface area contributed by atoms with E-state index in [0.717, 1.165) is 6.07 Å². The Morgan fingerprint density at radius 1 is 1.05 bits per heavy atom. The first-order chi connectivity index (χ1) is 9.08. The van der Waals surface area contributed by atoms with Crippen LogP contribution in [-0.2, 0) is 0 Å². The minimum Gasteiger partial charge on any atom is -0.488 e. The highest BCUT2D eigenvalue weighted by Crippen LogP contribution is 2.21. The van der Waals surface area contributed by atoms with E-state index >= 15 is 0 Å². The Balaban J connectivity index is 2.04. The van der Waals surface area contributed by atoms with Crippen molar-refractivity contribution in [1.82, 2.24) is 0 Å². The van der Waals surface area contributed by atoms with Gasteiger partial charge in [-0.05, 0) is 29.8 Å². The second kappa shape index (κ2) is 5.75. The second-order valence-electron chi connectivity index (χ2n) is 4.02. The van der Waals surface area contributed by atoms with E-state index in [4.69, 9.17) is 10.5 Å². The smallest absolute Gasteiger partial charge is 0.200 e. The average Bonchev–Trinajstić information content (AvgIpc) is 2.40. The van der Waals surface area contributed by atoms with Crippen molar-refractivity contribution < 1.29 is 17.9 Å². The van der Waals surface area contributed by atoms with Crippen LogP contribution in [0.15, 0.2) is 42.5 Å². The topological polar surface area (TPSA) is 35.2 Å². The molecule has 0 heterocycles. The van der Waals surface area contributed by atoms with Crippen molar-refractivity contribution in [3.05, 3.63) is 65.5 Å². The summed E-state index contributed by atoms with van der Waals surface area (Å²) in [5.74, 6) is -2.68. The van der Waals surface area contributed by atoms with Gasteiger partial charge in [-0.2, -0.15) is 4.39 Å². The van der Waals surface area contributed by atoms with Crippen LogP contribution in [0.4, 0.5) is 13.2 Å². The van der Waals surface area contributed by atoms with E-state index in [2.05, 4.69) is 0 Å². The Morgan fingerprint density at radius 2 is 1.79 bits per heavy atom. The normalized spacial score (nSPS) is 12.2. The molecule has 1 unspecified atom stereocenters. The van der Waals surface area contributed by atoms with Crippen LogP contribution in [-0.4, -0.2) is 6.61 Å². The van der Waals surface area contributed by atoms with Crippen molar-refractivity contribution in [3.63, 3.8) is 0 Å². The molecule has 2 nitrogen and oxygen atoms in total. The third kappa shape index (κ3) is 3.26. The molecule has 0 saturated heterocycles. The third-order valence-electron chi connectivity index (χ3n) is 2.61. The zero-order valence-corrected chi connectivity index (χ0v) is 9.95. The summed E-state index contributed by atoms with van der Waals surface area (Å²) < 4.78 is 44.4. The second-order valence-corrected chi connectivity index (χ2v) is 4.02. The largest absolute Gasteiger partial charge is 0.488 e. The number of ether oxygens (including phenoxy) is 1. The Hall–Kier alpha value is -2.01. The number of hydrogen-bond donors (Lipinski definition) is 1. The Kier molecular flexibility index (Phi) is 4.06. The first-order valence-corrected chi connectivity index (χ1v) is 5.66. The van der Waals surface area contributed by atoms with Crippen molar-refractivity contribution in [2.24, 2.45) is 5.73 Å². The van der Waals surface area contributed by atoms with Gasteiger partial charge in [0.25, 0.3) is 0 Å². The standard InChI is InChI=1S/C14H12F3NO/c15-10-4-1-3-9(7-10)12(18)8-19-13-6-2-5-11(16)14(13)17/h1-7,12H,8,18H2. The highest BCUT2D eigenvalue weighted by Gasteiger charge is 2.12. The van der Waals surface area contributed by atoms with Crippen LogP contribution >= 0.6 is 0 Å². The lowest BCUT2D eigenvalue weighted by Crippen LogP contribution is -2.19. The molecule has 2 aromatic carbocycles. The average molecular weight is 267 g/mol. The van der Waals surface area contributed by atoms with Crippen molar-refractivity contribution in [3.8, 4) is 5.75 Å². The maximum atomic E-state index is 13.3. The molecular weight excluding hydrogens is 255 g/mol. The molecule has 0 amide bonds. The highest BCUT2D eigenvalue weighted by atomic mass is 19.2. The SMILES string of the molecule is NC(COc1cccc(F)c1F)c1cccc(F)c1. The lowest BCUT2D eigenvalue weighted by molar-refractivity contribution is 0.272. The van der Waals surface area contributed by atoms with Gasteiger partial charge in [0.05, 0.1) is 6.04 Å². The molecule has 0 saturated carbocycles. The Bertz CT molecular complexity index is 574. The summed E-state index contributed by atoms with van der Waals surface area (Å²) in [7, 11) is 0. The summed E-state index contributed by atoms with van der Waals surface area (Å²) in [4.78, 5) is 0. The van der Waals surface area contributed by atoms with Crippen molar-refractivity contribution >= 4 is 0 Å². The van der Waals surface area contributed by atoms with E-state index < -0.39 is 23.5 Å². The Labute approximate surface area is 108 Å². The maximum absolute atomic E-state index is 13.3. The molecule has 0 aromatic heterocycles. The number of halogens is 3. The predicted molar refractivity (Wildman–Crippen MR) is 65.2 cm³/mol. The molecule has 0 spiro atoms. The fraction of sp³-hybridized carbons (Fsp3) is 0.143. The van der Waals surface area contributed by atoms with E-state index in [1.54, 1.807) is 6.07 Å². The van der Waals surface area contributed by atoms with Gasteiger partial charge in [0.1, 0.15) is 12.4 Å². The zero-order valence-electron chi connectivity index (χ0n) is 9.95. The van der Waals surface area contributed by atoms with Gasteiger partial charge in [-0.15, -0.1) is 0 Å².